The predicted molar refractivity (Wildman–Crippen MR) is 428 cm³/mol. The van der Waals surface area contributed by atoms with Crippen molar-refractivity contribution in [1.29, 1.82) is 0 Å². The van der Waals surface area contributed by atoms with Crippen molar-refractivity contribution in [3.05, 3.63) is 35.4 Å². The summed E-state index contributed by atoms with van der Waals surface area (Å²) >= 11 is 2.74. The molecule has 4 heterocycles. The second-order valence-electron chi connectivity index (χ2n) is 33.5. The molecule has 0 radical (unpaired) electrons. The molecule has 5 fully saturated rings. The van der Waals surface area contributed by atoms with E-state index in [1.54, 1.807) is 34.6 Å². The third-order valence-corrected chi connectivity index (χ3v) is 24.5. The van der Waals surface area contributed by atoms with Gasteiger partial charge in [0.2, 0.25) is 70.9 Å². The van der Waals surface area contributed by atoms with Gasteiger partial charge in [-0.15, -0.1) is 0 Å². The van der Waals surface area contributed by atoms with E-state index in [0.717, 1.165) is 30.5 Å². The number of thioether (sulfide) groups is 2. The van der Waals surface area contributed by atoms with E-state index in [4.69, 9.17) is 5.73 Å². The highest BCUT2D eigenvalue weighted by Gasteiger charge is 2.45. The number of carbonyl (C=O) groups excluding carboxylic acids is 12. The van der Waals surface area contributed by atoms with Gasteiger partial charge in [-0.2, -0.15) is 23.5 Å². The topological polar surface area (TPSA) is 530 Å². The van der Waals surface area contributed by atoms with Crippen molar-refractivity contribution in [2.75, 3.05) is 37.8 Å². The lowest BCUT2D eigenvalue weighted by molar-refractivity contribution is -0.140. The number of primary amides is 1. The standard InChI is InChI=1S/C78H128N16O18S2/c1-9-13-52-67(102)86-54(26-27-61(99)100)68(103)87-55(32-43-18-22-49(96)23-19-43)70(105)85-53(14-10-2)69(104)93-62(42(3)95)74(109)91-59(65(79)101)40-114-39-46-16-11-15-45(31-46)38-113-30-28-60(98)92-63(77(4,5)6)75(110)89-56(33-44-20-24-50(97)25-21-44)71(106)88-58(35-48-37-80-41-83-48)73(108)94-64(78(7,8)112)76(111)90-57(72(107)84-52)34-47-36-82-66-51(47)17-12-29-81-66/h11,15-16,31,42-44,47-59,62-64,66,80-83,95-97,112H,9-10,12-14,17-30,32-41H2,1-8H3,(H2,79,101)(H,84,107)(H,85,105)(H,86,102)(H,87,103)(H,88,106)(H,89,110)(H,90,111)(H,91,109)(H,92,98)(H,93,104)(H,94,108)(H,99,100)/t42-,43?,44?,47?,48?,49?,50?,51?,52+,53+,54+,55+,56+,57+,58+,59+,62+,63-,64-,66?/m1/s1. The molecule has 22 N–H and O–H groups in total. The lowest BCUT2D eigenvalue weighted by Gasteiger charge is -2.35. The average molecular weight is 1640 g/mol. The van der Waals surface area contributed by atoms with Crippen molar-refractivity contribution in [1.82, 2.24) is 79.8 Å². The maximum Gasteiger partial charge on any atom is 0.303 e. The zero-order chi connectivity index (χ0) is 83.6. The number of carboxylic acids is 1. The van der Waals surface area contributed by atoms with Crippen LogP contribution in [-0.2, 0) is 73.8 Å². The van der Waals surface area contributed by atoms with E-state index in [1.165, 1.54) is 44.3 Å². The van der Waals surface area contributed by atoms with Crippen LogP contribution in [0.5, 0.6) is 0 Å². The van der Waals surface area contributed by atoms with E-state index in [0.29, 0.717) is 94.8 Å². The molecule has 1 aromatic rings. The Morgan fingerprint density at radius 2 is 1.03 bits per heavy atom. The Kier molecular flexibility index (Phi) is 37.4. The molecule has 4 aliphatic heterocycles. The van der Waals surface area contributed by atoms with Crippen molar-refractivity contribution in [2.45, 2.75) is 304 Å². The molecule has 2 bridgehead atoms. The lowest BCUT2D eigenvalue weighted by Crippen LogP contribution is -2.65. The van der Waals surface area contributed by atoms with Gasteiger partial charge >= 0.3 is 5.97 Å². The molecule has 2 aliphatic carbocycles. The number of carbonyl (C=O) groups is 13. The molecule has 12 amide bonds. The lowest BCUT2D eigenvalue weighted by atomic mass is 9.82. The minimum absolute atomic E-state index is 0.00554. The first-order valence-corrected chi connectivity index (χ1v) is 43.1. The summed E-state index contributed by atoms with van der Waals surface area (Å²) in [4.78, 5) is 188. The SMILES string of the molecule is CCC[C@@H]1NC(=O)[C@H](CC2CNC3NCCCC23)NC(=O)[C@H](C(C)(C)O)NC(=O)[C@H](CC2CNCN2)NC(=O)[C@H](CC2CCC(O)CC2)NC(=O)[C@H](C(C)(C)C)NC(=O)CCSCc2cccc(c2)CSC[C@@H](C(N)=O)NC(=O)[C@H]([C@@H](C)O)NC(=O)[C@H](CCC)NC(=O)[C@H](CC2CCC(O)CC2)NC(=O)[C@H](CCC(=O)O)NC1=O. The van der Waals surface area contributed by atoms with Gasteiger partial charge in [0.1, 0.15) is 66.5 Å². The number of aliphatic hydroxyl groups is 4. The molecular weight excluding hydrogens is 1510 g/mol. The van der Waals surface area contributed by atoms with Crippen molar-refractivity contribution >= 4 is 100 Å². The molecule has 640 valence electrons. The minimum Gasteiger partial charge on any atom is -0.481 e. The van der Waals surface area contributed by atoms with Crippen LogP contribution in [0.2, 0.25) is 0 Å². The van der Waals surface area contributed by atoms with Crippen molar-refractivity contribution in [3.8, 4) is 0 Å². The van der Waals surface area contributed by atoms with Gasteiger partial charge in [-0.1, -0.05) is 71.7 Å². The van der Waals surface area contributed by atoms with E-state index in [1.807, 2.05) is 24.3 Å². The highest BCUT2D eigenvalue weighted by atomic mass is 32.2. The van der Waals surface area contributed by atoms with Crippen LogP contribution < -0.4 is 85.5 Å². The molecule has 3 saturated heterocycles. The normalized spacial score (nSPS) is 32.1. The summed E-state index contributed by atoms with van der Waals surface area (Å²) in [6.45, 7) is 14.4. The molecular formula is C78H128N16O18S2. The molecule has 114 heavy (non-hydrogen) atoms. The number of rotatable bonds is 18. The van der Waals surface area contributed by atoms with Crippen LogP contribution >= 0.6 is 23.5 Å². The molecule has 36 heteroatoms. The number of carboxylic acid groups (broad SMARTS) is 1. The largest absolute Gasteiger partial charge is 0.481 e. The summed E-state index contributed by atoms with van der Waals surface area (Å²) in [6, 6.07) is -9.02. The quantitative estimate of drug-likeness (QED) is 0.0818. The fourth-order valence-electron chi connectivity index (χ4n) is 15.8. The third kappa shape index (κ3) is 30.0. The van der Waals surface area contributed by atoms with Crippen LogP contribution in [0.1, 0.15) is 201 Å². The number of aliphatic hydroxyl groups excluding tert-OH is 3. The van der Waals surface area contributed by atoms with Gasteiger partial charge in [-0.05, 0) is 183 Å². The fourth-order valence-corrected chi connectivity index (χ4v) is 17.7. The fraction of sp³-hybridized carbons (Fsp3) is 0.756. The summed E-state index contributed by atoms with van der Waals surface area (Å²) < 4.78 is 0. The van der Waals surface area contributed by atoms with Crippen LogP contribution in [0.25, 0.3) is 0 Å². The molecule has 4 unspecified atom stereocenters. The molecule has 1 aromatic carbocycles. The summed E-state index contributed by atoms with van der Waals surface area (Å²) in [7, 11) is 0. The number of fused-ring (bicyclic) bond motifs is 3. The molecule has 16 atom stereocenters. The number of nitrogens with two attached hydrogens (primary N) is 1. The second-order valence-corrected chi connectivity index (χ2v) is 35.6. The van der Waals surface area contributed by atoms with Gasteiger partial charge in [0.15, 0.2) is 0 Å². The Morgan fingerprint density at radius 1 is 0.544 bits per heavy atom. The summed E-state index contributed by atoms with van der Waals surface area (Å²) in [5.41, 5.74) is 4.59. The van der Waals surface area contributed by atoms with Gasteiger partial charge in [-0.3, -0.25) is 62.3 Å². The first-order chi connectivity index (χ1) is 54.0. The summed E-state index contributed by atoms with van der Waals surface area (Å²) in [6.07, 6.45) is 1.46. The number of nitrogens with one attached hydrogen (secondary N) is 15. The molecule has 7 rings (SSSR count). The number of piperidine rings is 1. The second kappa shape index (κ2) is 45.4. The number of aliphatic carboxylic acids is 1. The number of hydrogen-bond donors (Lipinski definition) is 21. The monoisotopic (exact) mass is 1640 g/mol. The van der Waals surface area contributed by atoms with E-state index in [-0.39, 0.29) is 87.0 Å². The van der Waals surface area contributed by atoms with Crippen LogP contribution in [0, 0.1) is 29.1 Å². The van der Waals surface area contributed by atoms with Gasteiger partial charge < -0.3 is 111 Å². The van der Waals surface area contributed by atoms with E-state index >= 15 is 19.2 Å². The molecule has 6 aliphatic rings. The van der Waals surface area contributed by atoms with Gasteiger partial charge in [0.05, 0.1) is 30.1 Å². The zero-order valence-corrected chi connectivity index (χ0v) is 68.9. The Labute approximate surface area is 677 Å². The van der Waals surface area contributed by atoms with Crippen LogP contribution in [0.15, 0.2) is 24.3 Å². The first kappa shape index (κ1) is 93.9. The van der Waals surface area contributed by atoms with Gasteiger partial charge in [0.25, 0.3) is 0 Å². The number of benzene rings is 1. The van der Waals surface area contributed by atoms with Crippen molar-refractivity contribution < 1.29 is 87.9 Å². The highest BCUT2D eigenvalue weighted by Crippen LogP contribution is 2.34. The number of hydrogen-bond acceptors (Lipinski definition) is 23. The van der Waals surface area contributed by atoms with Crippen LogP contribution in [0.3, 0.4) is 0 Å². The summed E-state index contributed by atoms with van der Waals surface area (Å²) in [5, 5.41) is 97.4. The van der Waals surface area contributed by atoms with E-state index < -0.39 is 192 Å². The molecule has 34 nitrogen and oxygen atoms in total. The van der Waals surface area contributed by atoms with Gasteiger partial charge in [0, 0.05) is 55.1 Å². The molecule has 0 spiro atoms. The zero-order valence-electron chi connectivity index (χ0n) is 67.3. The molecule has 0 aromatic heterocycles. The van der Waals surface area contributed by atoms with Crippen molar-refractivity contribution in [2.24, 2.45) is 34.8 Å². The Morgan fingerprint density at radius 3 is 1.53 bits per heavy atom. The van der Waals surface area contributed by atoms with E-state index in [2.05, 4.69) is 79.8 Å². The first-order valence-electron chi connectivity index (χ1n) is 40.7. The third-order valence-electron chi connectivity index (χ3n) is 22.4. The van der Waals surface area contributed by atoms with Crippen molar-refractivity contribution in [3.63, 3.8) is 0 Å². The van der Waals surface area contributed by atoms with Crippen LogP contribution in [-0.4, -0.2) is 243 Å². The predicted octanol–water partition coefficient (Wildman–Crippen LogP) is -1.24. The number of amides is 12. The minimum atomic E-state index is -2.08. The van der Waals surface area contributed by atoms with E-state index in [9.17, 15) is 68.7 Å². The Bertz CT molecular complexity index is 3420. The average Bonchev–Trinajstić information content (AvgIpc) is 1.46. The Hall–Kier alpha value is -7.29. The maximum absolute atomic E-state index is 15.2. The van der Waals surface area contributed by atoms with Crippen LogP contribution in [0.4, 0.5) is 0 Å². The maximum atomic E-state index is 15.2. The Balaban J connectivity index is 1.24. The highest BCUT2D eigenvalue weighted by molar-refractivity contribution is 7.98. The molecule has 2 saturated carbocycles. The summed E-state index contributed by atoms with van der Waals surface area (Å²) in [5.74, 6) is -11.2. The van der Waals surface area contributed by atoms with Gasteiger partial charge in [-0.25, -0.2) is 0 Å². The smallest absolute Gasteiger partial charge is 0.303 e.